The van der Waals surface area contributed by atoms with Crippen molar-refractivity contribution < 1.29 is 20.1 Å². The van der Waals surface area contributed by atoms with Crippen LogP contribution in [-0.2, 0) is 4.79 Å². The van der Waals surface area contributed by atoms with Crippen LogP contribution in [-0.4, -0.2) is 51.0 Å². The lowest BCUT2D eigenvalue weighted by molar-refractivity contribution is -0.161. The van der Waals surface area contributed by atoms with Crippen LogP contribution in [0.25, 0.3) is 0 Å². The topological polar surface area (TPSA) is 81.0 Å². The second-order valence-corrected chi connectivity index (χ2v) is 10.3. The molecule has 0 saturated carbocycles. The molecule has 6 atom stereocenters. The summed E-state index contributed by atoms with van der Waals surface area (Å²) in [7, 11) is 0. The summed E-state index contributed by atoms with van der Waals surface area (Å²) in [6.45, 7) is 5.07. The van der Waals surface area contributed by atoms with Crippen molar-refractivity contribution in [1.82, 2.24) is 4.90 Å². The lowest BCUT2D eigenvalue weighted by atomic mass is 9.66. The standard InChI is InChI=1S/C26H33Cl2NO4/c1-4-23(16(2)31)29-24(17-8-10-19(27)11-9-17)22(18-6-5-7-20(28)12-18)14-26(3,25(29)33)13-21(32)15-30/h5-12,16,21-24,30-32H,4,13-15H2,1-3H3/t16-,21-,22?,23?,24+,26-/m0/s1. The van der Waals surface area contributed by atoms with E-state index in [0.717, 1.165) is 11.1 Å². The molecule has 180 valence electrons. The fourth-order valence-electron chi connectivity index (χ4n) is 5.29. The van der Waals surface area contributed by atoms with E-state index in [1.165, 1.54) is 0 Å². The number of hydrogen-bond donors (Lipinski definition) is 3. The molecule has 2 unspecified atom stereocenters. The molecule has 0 spiro atoms. The molecule has 0 aliphatic carbocycles. The van der Waals surface area contributed by atoms with E-state index in [9.17, 15) is 20.1 Å². The molecule has 7 heteroatoms. The maximum absolute atomic E-state index is 14.1. The van der Waals surface area contributed by atoms with Crippen LogP contribution in [0, 0.1) is 5.41 Å². The Morgan fingerprint density at radius 3 is 2.30 bits per heavy atom. The van der Waals surface area contributed by atoms with Crippen LogP contribution in [0.2, 0.25) is 10.0 Å². The maximum atomic E-state index is 14.1. The second kappa shape index (κ2) is 10.7. The SMILES string of the molecule is CCC([C@H](C)O)N1C(=O)[C@@](C)(C[C@H](O)CO)CC(c2cccc(Cl)c2)[C@H]1c1ccc(Cl)cc1. The van der Waals surface area contributed by atoms with Crippen molar-refractivity contribution in [1.29, 1.82) is 0 Å². The first-order valence-electron chi connectivity index (χ1n) is 11.4. The van der Waals surface area contributed by atoms with Crippen LogP contribution in [0.5, 0.6) is 0 Å². The summed E-state index contributed by atoms with van der Waals surface area (Å²) in [6, 6.07) is 14.3. The van der Waals surface area contributed by atoms with Gasteiger partial charge in [-0.1, -0.05) is 61.3 Å². The highest BCUT2D eigenvalue weighted by Gasteiger charge is 2.52. The summed E-state index contributed by atoms with van der Waals surface area (Å²) in [5.41, 5.74) is 0.965. The number of nitrogens with zero attached hydrogens (tertiary/aromatic N) is 1. The molecule has 1 aliphatic heterocycles. The molecule has 5 nitrogen and oxygen atoms in total. The Hall–Kier alpha value is -1.63. The molecule has 0 bridgehead atoms. The average molecular weight is 494 g/mol. The van der Waals surface area contributed by atoms with Gasteiger partial charge in [0.15, 0.2) is 0 Å². The van der Waals surface area contributed by atoms with Gasteiger partial charge < -0.3 is 20.2 Å². The minimum atomic E-state index is -1.01. The van der Waals surface area contributed by atoms with Gasteiger partial charge in [-0.25, -0.2) is 0 Å². The largest absolute Gasteiger partial charge is 0.394 e. The van der Waals surface area contributed by atoms with Gasteiger partial charge in [0.25, 0.3) is 0 Å². The van der Waals surface area contributed by atoms with Crippen LogP contribution >= 0.6 is 23.2 Å². The van der Waals surface area contributed by atoms with E-state index in [1.807, 2.05) is 50.2 Å². The van der Waals surface area contributed by atoms with Gasteiger partial charge in [-0.15, -0.1) is 0 Å². The molecule has 1 amide bonds. The van der Waals surface area contributed by atoms with Crippen molar-refractivity contribution in [2.45, 2.75) is 70.2 Å². The van der Waals surface area contributed by atoms with E-state index in [1.54, 1.807) is 24.0 Å². The number of carbonyl (C=O) groups excluding carboxylic acids is 1. The van der Waals surface area contributed by atoms with Crippen LogP contribution in [0.4, 0.5) is 0 Å². The molecule has 3 N–H and O–H groups in total. The quantitative estimate of drug-likeness (QED) is 0.485. The van der Waals surface area contributed by atoms with Gasteiger partial charge in [-0.3, -0.25) is 4.79 Å². The number of aliphatic hydroxyl groups excluding tert-OH is 3. The maximum Gasteiger partial charge on any atom is 0.229 e. The van der Waals surface area contributed by atoms with Gasteiger partial charge in [0.05, 0.1) is 30.9 Å². The van der Waals surface area contributed by atoms with Crippen LogP contribution in [0.15, 0.2) is 48.5 Å². The zero-order valence-electron chi connectivity index (χ0n) is 19.3. The smallest absolute Gasteiger partial charge is 0.229 e. The Morgan fingerprint density at radius 2 is 1.76 bits per heavy atom. The molecule has 1 aliphatic rings. The first kappa shape index (κ1) is 26.0. The van der Waals surface area contributed by atoms with Gasteiger partial charge >= 0.3 is 0 Å². The Bertz CT molecular complexity index is 952. The Morgan fingerprint density at radius 1 is 1.09 bits per heavy atom. The molecular formula is C26H33Cl2NO4. The Balaban J connectivity index is 2.23. The highest BCUT2D eigenvalue weighted by atomic mass is 35.5. The number of benzene rings is 2. The Kier molecular flexibility index (Phi) is 8.46. The fourth-order valence-corrected chi connectivity index (χ4v) is 5.61. The molecule has 1 fully saturated rings. The first-order chi connectivity index (χ1) is 15.6. The van der Waals surface area contributed by atoms with E-state index in [4.69, 9.17) is 23.2 Å². The number of piperidine rings is 1. The third kappa shape index (κ3) is 5.55. The predicted molar refractivity (Wildman–Crippen MR) is 131 cm³/mol. The van der Waals surface area contributed by atoms with Crippen molar-refractivity contribution in [3.8, 4) is 0 Å². The number of carbonyl (C=O) groups is 1. The third-order valence-corrected chi connectivity index (χ3v) is 7.31. The van der Waals surface area contributed by atoms with Gasteiger partial charge in [0, 0.05) is 21.4 Å². The molecule has 2 aromatic rings. The summed E-state index contributed by atoms with van der Waals surface area (Å²) < 4.78 is 0. The van der Waals surface area contributed by atoms with Crippen molar-refractivity contribution in [2.24, 2.45) is 5.41 Å². The molecule has 2 aromatic carbocycles. The minimum absolute atomic E-state index is 0.124. The second-order valence-electron chi connectivity index (χ2n) is 9.39. The summed E-state index contributed by atoms with van der Waals surface area (Å²) in [5.74, 6) is -0.285. The molecule has 0 radical (unpaired) electrons. The lowest BCUT2D eigenvalue weighted by Crippen LogP contribution is -2.58. The molecule has 1 saturated heterocycles. The highest BCUT2D eigenvalue weighted by Crippen LogP contribution is 2.52. The van der Waals surface area contributed by atoms with Gasteiger partial charge in [-0.2, -0.15) is 0 Å². The monoisotopic (exact) mass is 493 g/mol. The normalized spacial score (nSPS) is 26.2. The number of likely N-dealkylation sites (tertiary alicyclic amines) is 1. The molecular weight excluding hydrogens is 461 g/mol. The summed E-state index contributed by atoms with van der Waals surface area (Å²) in [6.07, 6.45) is -0.615. The number of aliphatic hydroxyl groups is 3. The predicted octanol–water partition coefficient (Wildman–Crippen LogP) is 4.96. The molecule has 33 heavy (non-hydrogen) atoms. The fraction of sp³-hybridized carbons (Fsp3) is 0.500. The van der Waals surface area contributed by atoms with E-state index < -0.39 is 30.3 Å². The van der Waals surface area contributed by atoms with Crippen LogP contribution in [0.1, 0.15) is 63.1 Å². The minimum Gasteiger partial charge on any atom is -0.394 e. The van der Waals surface area contributed by atoms with Crippen molar-refractivity contribution >= 4 is 29.1 Å². The van der Waals surface area contributed by atoms with E-state index in [2.05, 4.69) is 0 Å². The van der Waals surface area contributed by atoms with Crippen molar-refractivity contribution in [3.63, 3.8) is 0 Å². The summed E-state index contributed by atoms with van der Waals surface area (Å²) in [5, 5.41) is 31.7. The van der Waals surface area contributed by atoms with Crippen molar-refractivity contribution in [3.05, 3.63) is 69.7 Å². The lowest BCUT2D eigenvalue weighted by Gasteiger charge is -2.53. The van der Waals surface area contributed by atoms with Crippen LogP contribution < -0.4 is 0 Å². The van der Waals surface area contributed by atoms with E-state index in [0.29, 0.717) is 22.9 Å². The van der Waals surface area contributed by atoms with Gasteiger partial charge in [-0.05, 0) is 61.6 Å². The third-order valence-electron chi connectivity index (χ3n) is 6.82. The van der Waals surface area contributed by atoms with Gasteiger partial charge in [0.2, 0.25) is 5.91 Å². The Labute approximate surface area is 206 Å². The van der Waals surface area contributed by atoms with Crippen molar-refractivity contribution in [2.75, 3.05) is 6.61 Å². The average Bonchev–Trinajstić information content (AvgIpc) is 2.77. The van der Waals surface area contributed by atoms with Crippen LogP contribution in [0.3, 0.4) is 0 Å². The number of rotatable bonds is 8. The zero-order valence-corrected chi connectivity index (χ0v) is 20.8. The number of amides is 1. The highest BCUT2D eigenvalue weighted by molar-refractivity contribution is 6.30. The van der Waals surface area contributed by atoms with E-state index >= 15 is 0 Å². The molecule has 0 aromatic heterocycles. The summed E-state index contributed by atoms with van der Waals surface area (Å²) >= 11 is 12.5. The molecule has 3 rings (SSSR count). The molecule has 1 heterocycles. The van der Waals surface area contributed by atoms with E-state index in [-0.39, 0.29) is 24.3 Å². The number of hydrogen-bond acceptors (Lipinski definition) is 4. The first-order valence-corrected chi connectivity index (χ1v) is 12.2. The summed E-state index contributed by atoms with van der Waals surface area (Å²) in [4.78, 5) is 15.9. The number of halogens is 2. The van der Waals surface area contributed by atoms with Gasteiger partial charge in [0.1, 0.15) is 0 Å². The zero-order chi connectivity index (χ0) is 24.3.